The highest BCUT2D eigenvalue weighted by molar-refractivity contribution is 6.32. The summed E-state index contributed by atoms with van der Waals surface area (Å²) < 4.78 is 0. The quantitative estimate of drug-likeness (QED) is 0.757. The zero-order valence-electron chi connectivity index (χ0n) is 12.0. The van der Waals surface area contributed by atoms with Gasteiger partial charge in [-0.05, 0) is 24.3 Å². The first-order chi connectivity index (χ1) is 11.2. The van der Waals surface area contributed by atoms with Gasteiger partial charge in [-0.2, -0.15) is 10.1 Å². The monoisotopic (exact) mass is 305 g/mol. The maximum Gasteiger partial charge on any atom is 0.267 e. The van der Waals surface area contributed by atoms with Crippen molar-refractivity contribution < 1.29 is 14.4 Å². The Balaban J connectivity index is 1.71. The maximum atomic E-state index is 12.4. The molecule has 0 N–H and O–H groups in total. The van der Waals surface area contributed by atoms with Gasteiger partial charge in [0, 0.05) is 0 Å². The van der Waals surface area contributed by atoms with Crippen LogP contribution in [0.4, 0.5) is 5.69 Å². The number of benzene rings is 2. The first kappa shape index (κ1) is 13.4. The lowest BCUT2D eigenvalue weighted by Crippen LogP contribution is -2.35. The van der Waals surface area contributed by atoms with E-state index in [1.54, 1.807) is 48.5 Å². The number of hydrazone groups is 1. The average Bonchev–Trinajstić information content (AvgIpc) is 3.07. The highest BCUT2D eigenvalue weighted by Crippen LogP contribution is 2.27. The van der Waals surface area contributed by atoms with Gasteiger partial charge in [0.15, 0.2) is 0 Å². The Bertz CT molecular complexity index is 839. The van der Waals surface area contributed by atoms with Gasteiger partial charge in [-0.3, -0.25) is 14.4 Å². The number of hydrogen-bond donors (Lipinski definition) is 0. The molecule has 23 heavy (non-hydrogen) atoms. The van der Waals surface area contributed by atoms with E-state index in [1.165, 1.54) is 5.01 Å². The van der Waals surface area contributed by atoms with Crippen LogP contribution in [0.25, 0.3) is 0 Å². The standard InChI is InChI=1S/C17H11N3O3/c21-15-10-14(18-20(15)11-6-2-1-3-7-11)19-16(22)12-8-4-5-9-13(12)17(19)23/h1-9H,10H2. The minimum Gasteiger partial charge on any atom is -0.272 e. The third-order valence-corrected chi connectivity index (χ3v) is 3.81. The fourth-order valence-corrected chi connectivity index (χ4v) is 2.74. The minimum atomic E-state index is -0.438. The van der Waals surface area contributed by atoms with Gasteiger partial charge in [-0.1, -0.05) is 30.3 Å². The lowest BCUT2D eigenvalue weighted by atomic mass is 10.1. The van der Waals surface area contributed by atoms with Crippen LogP contribution in [0.3, 0.4) is 0 Å². The molecular weight excluding hydrogens is 294 g/mol. The molecule has 2 aliphatic rings. The number of imide groups is 1. The second-order valence-electron chi connectivity index (χ2n) is 5.23. The van der Waals surface area contributed by atoms with Crippen LogP contribution in [0.5, 0.6) is 0 Å². The average molecular weight is 305 g/mol. The number of amidine groups is 1. The van der Waals surface area contributed by atoms with E-state index in [0.717, 1.165) is 4.90 Å². The van der Waals surface area contributed by atoms with Crippen LogP contribution in [0.2, 0.25) is 0 Å². The van der Waals surface area contributed by atoms with E-state index < -0.39 is 11.8 Å². The normalized spacial score (nSPS) is 16.9. The summed E-state index contributed by atoms with van der Waals surface area (Å²) in [5, 5.41) is 5.41. The number of anilines is 1. The molecule has 2 aromatic rings. The van der Waals surface area contributed by atoms with Crippen molar-refractivity contribution in [3.05, 3.63) is 65.7 Å². The summed E-state index contributed by atoms with van der Waals surface area (Å²) in [6, 6.07) is 15.5. The van der Waals surface area contributed by atoms with Gasteiger partial charge in [0.05, 0.1) is 23.2 Å². The van der Waals surface area contributed by atoms with Crippen molar-refractivity contribution >= 4 is 29.2 Å². The van der Waals surface area contributed by atoms with Crippen molar-refractivity contribution in [2.45, 2.75) is 6.42 Å². The Morgan fingerprint density at radius 1 is 0.783 bits per heavy atom. The van der Waals surface area contributed by atoms with Gasteiger partial charge in [0.2, 0.25) is 0 Å². The Morgan fingerprint density at radius 3 is 1.96 bits per heavy atom. The third-order valence-electron chi connectivity index (χ3n) is 3.81. The molecule has 3 amide bonds. The van der Waals surface area contributed by atoms with Crippen LogP contribution in [0, 0.1) is 0 Å². The second-order valence-corrected chi connectivity index (χ2v) is 5.23. The van der Waals surface area contributed by atoms with E-state index >= 15 is 0 Å². The maximum absolute atomic E-state index is 12.4. The highest BCUT2D eigenvalue weighted by atomic mass is 16.2. The molecule has 0 spiro atoms. The van der Waals surface area contributed by atoms with Gasteiger partial charge in [-0.15, -0.1) is 0 Å². The van der Waals surface area contributed by atoms with E-state index in [1.807, 2.05) is 6.07 Å². The van der Waals surface area contributed by atoms with Crippen LogP contribution < -0.4 is 5.01 Å². The summed E-state index contributed by atoms with van der Waals surface area (Å²) in [6.45, 7) is 0. The largest absolute Gasteiger partial charge is 0.272 e. The minimum absolute atomic E-state index is 0.0830. The molecule has 0 unspecified atom stereocenters. The van der Waals surface area contributed by atoms with Gasteiger partial charge in [0.1, 0.15) is 5.84 Å². The SMILES string of the molecule is O=C1c2ccccc2C(=O)N1C1=NN(c2ccccc2)C(=O)C1. The molecule has 0 saturated carbocycles. The molecule has 2 aliphatic heterocycles. The van der Waals surface area contributed by atoms with Crippen molar-refractivity contribution in [2.75, 3.05) is 5.01 Å². The molecule has 0 radical (unpaired) electrons. The van der Waals surface area contributed by atoms with Crippen molar-refractivity contribution in [3.8, 4) is 0 Å². The Hall–Kier alpha value is -3.28. The molecule has 0 saturated heterocycles. The lowest BCUT2D eigenvalue weighted by molar-refractivity contribution is -0.116. The van der Waals surface area contributed by atoms with Crippen LogP contribution in [-0.2, 0) is 4.79 Å². The topological polar surface area (TPSA) is 70.1 Å². The van der Waals surface area contributed by atoms with Crippen molar-refractivity contribution in [2.24, 2.45) is 5.10 Å². The summed E-state index contributed by atoms with van der Waals surface area (Å²) in [4.78, 5) is 38.1. The Labute approximate surface area is 131 Å². The van der Waals surface area contributed by atoms with Crippen LogP contribution in [0.1, 0.15) is 27.1 Å². The van der Waals surface area contributed by atoms with Crippen molar-refractivity contribution in [3.63, 3.8) is 0 Å². The summed E-state index contributed by atoms with van der Waals surface area (Å²) >= 11 is 0. The molecule has 2 aromatic carbocycles. The van der Waals surface area contributed by atoms with Gasteiger partial charge in [0.25, 0.3) is 17.7 Å². The van der Waals surface area contributed by atoms with E-state index in [0.29, 0.717) is 16.8 Å². The fourth-order valence-electron chi connectivity index (χ4n) is 2.74. The molecule has 6 nitrogen and oxygen atoms in total. The van der Waals surface area contributed by atoms with Crippen LogP contribution in [-0.4, -0.2) is 28.5 Å². The number of carbonyl (C=O) groups is 3. The molecule has 0 atom stereocenters. The number of para-hydroxylation sites is 1. The van der Waals surface area contributed by atoms with Gasteiger partial charge in [-0.25, -0.2) is 4.90 Å². The third kappa shape index (κ3) is 1.96. The van der Waals surface area contributed by atoms with Crippen molar-refractivity contribution in [1.29, 1.82) is 0 Å². The number of rotatable bonds is 1. The van der Waals surface area contributed by atoms with E-state index in [4.69, 9.17) is 0 Å². The smallest absolute Gasteiger partial charge is 0.267 e. The summed E-state index contributed by atoms with van der Waals surface area (Å²) in [6.07, 6.45) is -0.0830. The molecule has 0 aliphatic carbocycles. The fraction of sp³-hybridized carbons (Fsp3) is 0.0588. The Kier molecular flexibility index (Phi) is 2.84. The van der Waals surface area contributed by atoms with E-state index in [2.05, 4.69) is 5.10 Å². The summed E-state index contributed by atoms with van der Waals surface area (Å²) in [5.41, 5.74) is 1.28. The number of nitrogens with zero attached hydrogens (tertiary/aromatic N) is 3. The molecule has 6 heteroatoms. The van der Waals surface area contributed by atoms with Gasteiger partial charge >= 0.3 is 0 Å². The molecule has 0 fully saturated rings. The van der Waals surface area contributed by atoms with E-state index in [-0.39, 0.29) is 18.2 Å². The predicted octanol–water partition coefficient (Wildman–Crippen LogP) is 2.03. The number of fused-ring (bicyclic) bond motifs is 1. The Morgan fingerprint density at radius 2 is 1.35 bits per heavy atom. The molecular formula is C17H11N3O3. The first-order valence-electron chi connectivity index (χ1n) is 7.10. The van der Waals surface area contributed by atoms with E-state index in [9.17, 15) is 14.4 Å². The highest BCUT2D eigenvalue weighted by Gasteiger charge is 2.41. The molecule has 4 rings (SSSR count). The first-order valence-corrected chi connectivity index (χ1v) is 7.10. The lowest BCUT2D eigenvalue weighted by Gasteiger charge is -2.12. The molecule has 2 heterocycles. The molecule has 0 bridgehead atoms. The van der Waals surface area contributed by atoms with Crippen LogP contribution in [0.15, 0.2) is 59.7 Å². The molecule has 0 aromatic heterocycles. The summed E-state index contributed by atoms with van der Waals surface area (Å²) in [5.74, 6) is -0.994. The second kappa shape index (κ2) is 4.88. The van der Waals surface area contributed by atoms with Crippen LogP contribution >= 0.6 is 0 Å². The number of hydrogen-bond acceptors (Lipinski definition) is 4. The van der Waals surface area contributed by atoms with Crippen molar-refractivity contribution in [1.82, 2.24) is 4.90 Å². The number of amides is 3. The zero-order valence-corrected chi connectivity index (χ0v) is 12.0. The zero-order chi connectivity index (χ0) is 16.0. The van der Waals surface area contributed by atoms with Gasteiger partial charge < -0.3 is 0 Å². The number of carbonyl (C=O) groups excluding carboxylic acids is 3. The summed E-state index contributed by atoms with van der Waals surface area (Å²) in [7, 11) is 0. The molecule has 112 valence electrons. The predicted molar refractivity (Wildman–Crippen MR) is 82.9 cm³/mol.